The Morgan fingerprint density at radius 2 is 0.971 bits per heavy atom. The van der Waals surface area contributed by atoms with Crippen molar-refractivity contribution in [2.45, 2.75) is 74.8 Å². The Labute approximate surface area is 401 Å². The van der Waals surface area contributed by atoms with Crippen LogP contribution in [0.25, 0.3) is 11.0 Å². The first-order valence-electron chi connectivity index (χ1n) is 24.4. The second-order valence-corrected chi connectivity index (χ2v) is 18.8. The fourth-order valence-electron chi connectivity index (χ4n) is 10.9. The van der Waals surface area contributed by atoms with E-state index in [2.05, 4.69) is 37.1 Å². The van der Waals surface area contributed by atoms with E-state index in [-0.39, 0.29) is 52.7 Å². The van der Waals surface area contributed by atoms with E-state index in [9.17, 15) is 27.2 Å². The zero-order valence-corrected chi connectivity index (χ0v) is 38.9. The number of amides is 1. The van der Waals surface area contributed by atoms with Crippen molar-refractivity contribution in [2.75, 3.05) is 50.8 Å². The van der Waals surface area contributed by atoms with E-state index in [0.29, 0.717) is 6.67 Å². The number of benzene rings is 6. The summed E-state index contributed by atoms with van der Waals surface area (Å²) in [6.45, 7) is 6.10. The molecule has 0 bridgehead atoms. The lowest BCUT2D eigenvalue weighted by Gasteiger charge is -2.43. The molecule has 2 N–H and O–H groups in total. The number of aromatic nitrogens is 2. The predicted molar refractivity (Wildman–Crippen MR) is 265 cm³/mol. The van der Waals surface area contributed by atoms with Gasteiger partial charge in [-0.15, -0.1) is 0 Å². The van der Waals surface area contributed by atoms with Crippen LogP contribution in [0.4, 0.5) is 23.2 Å². The normalized spacial score (nSPS) is 16.6. The van der Waals surface area contributed by atoms with Crippen molar-refractivity contribution in [3.05, 3.63) is 208 Å². The third-order valence-corrected chi connectivity index (χ3v) is 14.7. The Hall–Kier alpha value is -6.50. The summed E-state index contributed by atoms with van der Waals surface area (Å²) in [5.74, 6) is -0.694. The summed E-state index contributed by atoms with van der Waals surface area (Å²) < 4.78 is 55.9. The monoisotopic (exact) mass is 936 g/mol. The zero-order chi connectivity index (χ0) is 47.7. The number of carbonyl (C=O) groups excluding carboxylic acids is 1. The first kappa shape index (κ1) is 47.6. The molecule has 69 heavy (non-hydrogen) atoms. The minimum atomic E-state index is -0.470. The molecule has 7 aromatic rings. The lowest BCUT2D eigenvalue weighted by molar-refractivity contribution is -0.125. The number of nitrogens with one attached hydrogen (secondary N) is 2. The van der Waals surface area contributed by atoms with E-state index < -0.39 is 5.54 Å². The number of piperidine rings is 2. The topological polar surface area (TPSA) is 76.6 Å². The number of hydrogen-bond acceptors (Lipinski definition) is 5. The van der Waals surface area contributed by atoms with Gasteiger partial charge in [-0.3, -0.25) is 9.36 Å². The van der Waals surface area contributed by atoms with Crippen LogP contribution < -0.4 is 15.9 Å². The molecule has 0 unspecified atom stereocenters. The molecule has 3 aliphatic heterocycles. The maximum absolute atomic E-state index is 13.5. The molecule has 8 nitrogen and oxygen atoms in total. The predicted octanol–water partition coefficient (Wildman–Crippen LogP) is 11.2. The average Bonchev–Trinajstić information content (AvgIpc) is 3.88. The molecule has 0 saturated carbocycles. The molecule has 12 heteroatoms. The highest BCUT2D eigenvalue weighted by molar-refractivity contribution is 5.93. The minimum Gasteiger partial charge on any atom is -0.339 e. The number of rotatable bonds is 14. The quantitative estimate of drug-likeness (QED) is 0.106. The van der Waals surface area contributed by atoms with Crippen LogP contribution in [0.2, 0.25) is 0 Å². The summed E-state index contributed by atoms with van der Waals surface area (Å²) in [6.07, 6.45) is 7.22. The van der Waals surface area contributed by atoms with E-state index >= 15 is 0 Å². The smallest absolute Gasteiger partial charge is 0.326 e. The van der Waals surface area contributed by atoms with Gasteiger partial charge in [-0.05, 0) is 160 Å². The number of halogens is 4. The SMILES string of the molecule is O=C1NCN(c2ccccc2)C12CCN(CCCC(c1ccc(F)cc1)c1ccc(F)cc1)CC2.O=c1[nH]c2ccccc2n1C1CCN(CCCC(c2ccc(F)cc2)c2ccc(F)cc2)CC1. The Bertz CT molecular complexity index is 2710. The first-order valence-corrected chi connectivity index (χ1v) is 24.4. The molecule has 1 aromatic heterocycles. The molecule has 10 rings (SSSR count). The van der Waals surface area contributed by atoms with Gasteiger partial charge in [0.25, 0.3) is 0 Å². The molecule has 0 radical (unpaired) electrons. The van der Waals surface area contributed by atoms with Crippen LogP contribution in [0.1, 0.15) is 91.5 Å². The molecular formula is C57H60F4N6O2. The summed E-state index contributed by atoms with van der Waals surface area (Å²) in [5, 5.41) is 3.06. The number of imidazole rings is 1. The number of hydrogen-bond donors (Lipinski definition) is 2. The molecule has 3 saturated heterocycles. The van der Waals surface area contributed by atoms with E-state index in [0.717, 1.165) is 130 Å². The highest BCUT2D eigenvalue weighted by atomic mass is 19.1. The fourth-order valence-corrected chi connectivity index (χ4v) is 10.9. The van der Waals surface area contributed by atoms with E-state index in [1.807, 2.05) is 95.6 Å². The van der Waals surface area contributed by atoms with Crippen molar-refractivity contribution in [3.63, 3.8) is 0 Å². The lowest BCUT2D eigenvalue weighted by atomic mass is 9.85. The van der Waals surface area contributed by atoms with Gasteiger partial charge in [0, 0.05) is 49.7 Å². The Balaban J connectivity index is 0.000000172. The van der Waals surface area contributed by atoms with Crippen LogP contribution in [0.5, 0.6) is 0 Å². The maximum Gasteiger partial charge on any atom is 0.326 e. The van der Waals surface area contributed by atoms with Gasteiger partial charge >= 0.3 is 5.69 Å². The Morgan fingerprint density at radius 1 is 0.536 bits per heavy atom. The maximum atomic E-state index is 13.5. The summed E-state index contributed by atoms with van der Waals surface area (Å²) in [5.41, 5.74) is 6.63. The highest BCUT2D eigenvalue weighted by Gasteiger charge is 2.50. The number of nitrogens with zero attached hydrogens (tertiary/aromatic N) is 4. The van der Waals surface area contributed by atoms with Crippen LogP contribution in [0.3, 0.4) is 0 Å². The van der Waals surface area contributed by atoms with Gasteiger partial charge < -0.3 is 25.0 Å². The number of para-hydroxylation sites is 3. The average molecular weight is 937 g/mol. The van der Waals surface area contributed by atoms with Gasteiger partial charge in [-0.25, -0.2) is 22.4 Å². The van der Waals surface area contributed by atoms with Crippen LogP contribution in [-0.4, -0.2) is 76.7 Å². The van der Waals surface area contributed by atoms with Gasteiger partial charge in [-0.1, -0.05) is 78.9 Å². The number of fused-ring (bicyclic) bond motifs is 1. The molecule has 3 fully saturated rings. The van der Waals surface area contributed by atoms with Crippen LogP contribution in [0, 0.1) is 23.3 Å². The second-order valence-electron chi connectivity index (χ2n) is 18.8. The van der Waals surface area contributed by atoms with Crippen molar-refractivity contribution < 1.29 is 22.4 Å². The fraction of sp³-hybridized carbons (Fsp3) is 0.333. The van der Waals surface area contributed by atoms with Gasteiger partial charge in [0.05, 0.1) is 17.7 Å². The van der Waals surface area contributed by atoms with Crippen LogP contribution in [-0.2, 0) is 4.79 Å². The molecule has 358 valence electrons. The molecule has 1 spiro atoms. The summed E-state index contributed by atoms with van der Waals surface area (Å²) in [4.78, 5) is 35.5. The van der Waals surface area contributed by atoms with Crippen molar-refractivity contribution in [2.24, 2.45) is 0 Å². The van der Waals surface area contributed by atoms with E-state index in [1.54, 1.807) is 0 Å². The number of anilines is 1. The zero-order valence-electron chi connectivity index (χ0n) is 38.9. The molecule has 1 amide bonds. The number of H-pyrrole nitrogens is 1. The van der Waals surface area contributed by atoms with Crippen molar-refractivity contribution >= 4 is 22.6 Å². The molecule has 0 aliphatic carbocycles. The lowest BCUT2D eigenvalue weighted by Crippen LogP contribution is -2.56. The van der Waals surface area contributed by atoms with Gasteiger partial charge in [0.15, 0.2) is 0 Å². The van der Waals surface area contributed by atoms with Crippen LogP contribution >= 0.6 is 0 Å². The summed E-state index contributed by atoms with van der Waals surface area (Å²) >= 11 is 0. The highest BCUT2D eigenvalue weighted by Crippen LogP contribution is 2.37. The molecule has 4 heterocycles. The largest absolute Gasteiger partial charge is 0.339 e. The van der Waals surface area contributed by atoms with E-state index in [1.165, 1.54) is 48.5 Å². The number of aromatic amines is 1. The number of carbonyl (C=O) groups is 1. The molecule has 6 aromatic carbocycles. The number of likely N-dealkylation sites (tertiary alicyclic amines) is 2. The van der Waals surface area contributed by atoms with Gasteiger partial charge in [0.2, 0.25) is 5.91 Å². The molecule has 3 aliphatic rings. The summed E-state index contributed by atoms with van der Waals surface area (Å²) in [7, 11) is 0. The Morgan fingerprint density at radius 3 is 1.45 bits per heavy atom. The van der Waals surface area contributed by atoms with Crippen molar-refractivity contribution in [1.29, 1.82) is 0 Å². The molecular weight excluding hydrogens is 877 g/mol. The standard InChI is InChI=1S/C29H31F2N3O.C28H29F2N3O/c30-24-12-8-22(9-13-24)27(23-10-14-25(31)15-11-23)7-4-18-33-19-16-29(17-20-33)28(35)32-21-34(29)26-5-2-1-3-6-26;29-22-11-7-20(8-12-22)25(21-9-13-23(30)14-10-21)4-3-17-32-18-15-24(16-19-32)33-27-6-2-1-5-26(27)31-28(33)34/h1-3,5-6,8-15,27H,4,7,16-21H2,(H,32,35);1-2,5-14,24-25H,3-4,15-19H2,(H,31,34). The van der Waals surface area contributed by atoms with Crippen molar-refractivity contribution in [1.82, 2.24) is 24.7 Å². The van der Waals surface area contributed by atoms with Crippen LogP contribution in [0.15, 0.2) is 156 Å². The second kappa shape index (κ2) is 21.9. The summed E-state index contributed by atoms with van der Waals surface area (Å²) in [6, 6.07) is 44.7. The third-order valence-electron chi connectivity index (χ3n) is 14.7. The van der Waals surface area contributed by atoms with Crippen molar-refractivity contribution in [3.8, 4) is 0 Å². The van der Waals surface area contributed by atoms with Gasteiger partial charge in [0.1, 0.15) is 28.8 Å². The van der Waals surface area contributed by atoms with E-state index in [4.69, 9.17) is 0 Å². The van der Waals surface area contributed by atoms with Gasteiger partial charge in [-0.2, -0.15) is 0 Å². The minimum absolute atomic E-state index is 0.0268. The molecule has 0 atom stereocenters. The Kier molecular flexibility index (Phi) is 15.1. The third kappa shape index (κ3) is 11.2. The first-order chi connectivity index (χ1) is 33.6.